The first-order valence-corrected chi connectivity index (χ1v) is 10.7. The van der Waals surface area contributed by atoms with Crippen LogP contribution >= 0.6 is 0 Å². The van der Waals surface area contributed by atoms with Crippen LogP contribution in [0.15, 0.2) is 6.20 Å². The molecule has 1 aliphatic heterocycles. The monoisotopic (exact) mass is 418 g/mol. The zero-order valence-corrected chi connectivity index (χ0v) is 19.1. The molecule has 1 fully saturated rings. The van der Waals surface area contributed by atoms with Crippen LogP contribution in [-0.4, -0.2) is 61.4 Å². The van der Waals surface area contributed by atoms with Gasteiger partial charge in [0.25, 0.3) is 0 Å². The van der Waals surface area contributed by atoms with E-state index in [2.05, 4.69) is 34.2 Å². The number of nitrogens with one attached hydrogen (secondary N) is 1. The summed E-state index contributed by atoms with van der Waals surface area (Å²) in [6.45, 7) is 15.0. The number of ether oxygens (including phenoxy) is 2. The number of aromatic nitrogens is 4. The molecule has 30 heavy (non-hydrogen) atoms. The molecular weight excluding hydrogens is 384 g/mol. The van der Waals surface area contributed by atoms with Crippen molar-refractivity contribution in [1.29, 1.82) is 0 Å². The SMILES string of the molecule is CC(C)Oc1nc(NC2CCN(C(=O)OC(C)(C)C)CC2)n2ncc(C(C)C)c2n1. The topological polar surface area (TPSA) is 93.9 Å². The largest absolute Gasteiger partial charge is 0.461 e. The van der Waals surface area contributed by atoms with Crippen LogP contribution in [0.2, 0.25) is 0 Å². The average Bonchev–Trinajstić information content (AvgIpc) is 3.04. The van der Waals surface area contributed by atoms with Gasteiger partial charge in [0.05, 0.1) is 12.3 Å². The van der Waals surface area contributed by atoms with Crippen LogP contribution in [0.3, 0.4) is 0 Å². The number of carbonyl (C=O) groups excluding carboxylic acids is 1. The summed E-state index contributed by atoms with van der Waals surface area (Å²) in [5.74, 6) is 0.896. The molecule has 166 valence electrons. The predicted octanol–water partition coefficient (Wildman–Crippen LogP) is 3.85. The molecule has 0 unspecified atom stereocenters. The Kier molecular flexibility index (Phi) is 6.38. The number of piperidine rings is 1. The fourth-order valence-electron chi connectivity index (χ4n) is 3.35. The molecule has 0 radical (unpaired) electrons. The average molecular weight is 419 g/mol. The summed E-state index contributed by atoms with van der Waals surface area (Å²) >= 11 is 0. The molecule has 1 aliphatic rings. The highest BCUT2D eigenvalue weighted by molar-refractivity contribution is 5.68. The third kappa shape index (κ3) is 5.31. The molecule has 0 aliphatic carbocycles. The van der Waals surface area contributed by atoms with Gasteiger partial charge in [-0.3, -0.25) is 0 Å². The number of likely N-dealkylation sites (tertiary alicyclic amines) is 1. The minimum Gasteiger partial charge on any atom is -0.461 e. The molecule has 2 aromatic rings. The highest BCUT2D eigenvalue weighted by Gasteiger charge is 2.28. The smallest absolute Gasteiger partial charge is 0.410 e. The maximum absolute atomic E-state index is 12.3. The van der Waals surface area contributed by atoms with Crippen LogP contribution < -0.4 is 10.1 Å². The fraction of sp³-hybridized carbons (Fsp3) is 0.714. The molecule has 0 spiro atoms. The summed E-state index contributed by atoms with van der Waals surface area (Å²) in [5.41, 5.74) is 1.32. The molecule has 1 N–H and O–H groups in total. The Morgan fingerprint density at radius 2 is 1.83 bits per heavy atom. The number of nitrogens with zero attached hydrogens (tertiary/aromatic N) is 5. The van der Waals surface area contributed by atoms with Crippen molar-refractivity contribution >= 4 is 17.7 Å². The van der Waals surface area contributed by atoms with Crippen molar-refractivity contribution in [1.82, 2.24) is 24.5 Å². The Balaban J connectivity index is 1.75. The van der Waals surface area contributed by atoms with E-state index >= 15 is 0 Å². The second kappa shape index (κ2) is 8.65. The maximum Gasteiger partial charge on any atom is 0.410 e. The molecule has 3 heterocycles. The first kappa shape index (κ1) is 22.1. The molecule has 3 rings (SSSR count). The van der Waals surface area contributed by atoms with E-state index in [0.717, 1.165) is 24.1 Å². The number of anilines is 1. The Hall–Kier alpha value is -2.58. The van der Waals surface area contributed by atoms with Crippen LogP contribution in [-0.2, 0) is 4.74 Å². The second-order valence-electron chi connectivity index (χ2n) is 9.37. The van der Waals surface area contributed by atoms with Crippen molar-refractivity contribution < 1.29 is 14.3 Å². The summed E-state index contributed by atoms with van der Waals surface area (Å²) < 4.78 is 13.0. The van der Waals surface area contributed by atoms with E-state index in [1.165, 1.54) is 0 Å². The Morgan fingerprint density at radius 3 is 2.40 bits per heavy atom. The van der Waals surface area contributed by atoms with Crippen molar-refractivity contribution in [3.05, 3.63) is 11.8 Å². The quantitative estimate of drug-likeness (QED) is 0.788. The normalized spacial score (nSPS) is 15.8. The van der Waals surface area contributed by atoms with Crippen LogP contribution in [0.5, 0.6) is 6.01 Å². The first-order chi connectivity index (χ1) is 14.0. The molecule has 1 saturated heterocycles. The lowest BCUT2D eigenvalue weighted by Crippen LogP contribution is -2.44. The van der Waals surface area contributed by atoms with Crippen molar-refractivity contribution in [2.24, 2.45) is 0 Å². The molecule has 1 amide bonds. The molecule has 9 nitrogen and oxygen atoms in total. The summed E-state index contributed by atoms with van der Waals surface area (Å²) in [6, 6.07) is 0.508. The second-order valence-corrected chi connectivity index (χ2v) is 9.37. The van der Waals surface area contributed by atoms with Crippen molar-refractivity contribution in [2.45, 2.75) is 85.0 Å². The number of rotatable bonds is 5. The number of amides is 1. The first-order valence-electron chi connectivity index (χ1n) is 10.7. The zero-order chi connectivity index (χ0) is 22.1. The van der Waals surface area contributed by atoms with Gasteiger partial charge in [-0.2, -0.15) is 19.6 Å². The fourth-order valence-corrected chi connectivity index (χ4v) is 3.35. The third-order valence-electron chi connectivity index (χ3n) is 4.82. The van der Waals surface area contributed by atoms with E-state index in [1.807, 2.05) is 40.8 Å². The summed E-state index contributed by atoms with van der Waals surface area (Å²) in [7, 11) is 0. The van der Waals surface area contributed by atoms with Gasteiger partial charge < -0.3 is 19.7 Å². The van der Waals surface area contributed by atoms with Crippen LogP contribution in [0, 0.1) is 0 Å². The molecule has 0 saturated carbocycles. The van der Waals surface area contributed by atoms with Crippen molar-refractivity contribution in [3.63, 3.8) is 0 Å². The van der Waals surface area contributed by atoms with Gasteiger partial charge in [0.1, 0.15) is 5.60 Å². The van der Waals surface area contributed by atoms with E-state index in [0.29, 0.717) is 25.0 Å². The zero-order valence-electron chi connectivity index (χ0n) is 19.1. The minimum absolute atomic E-state index is 0.0252. The Bertz CT molecular complexity index is 879. The lowest BCUT2D eigenvalue weighted by molar-refractivity contribution is 0.0210. The van der Waals surface area contributed by atoms with E-state index in [1.54, 1.807) is 9.42 Å². The number of carbonyl (C=O) groups is 1. The van der Waals surface area contributed by atoms with Crippen molar-refractivity contribution in [3.8, 4) is 6.01 Å². The molecule has 0 atom stereocenters. The minimum atomic E-state index is -0.486. The predicted molar refractivity (Wildman–Crippen MR) is 115 cm³/mol. The van der Waals surface area contributed by atoms with Gasteiger partial charge in [-0.1, -0.05) is 13.8 Å². The van der Waals surface area contributed by atoms with Gasteiger partial charge in [-0.15, -0.1) is 0 Å². The van der Waals surface area contributed by atoms with Crippen LogP contribution in [0.4, 0.5) is 10.7 Å². The Morgan fingerprint density at radius 1 is 1.17 bits per heavy atom. The van der Waals surface area contributed by atoms with Gasteiger partial charge in [0, 0.05) is 24.7 Å². The number of fused-ring (bicyclic) bond motifs is 1. The maximum atomic E-state index is 12.3. The Labute approximate surface area is 178 Å². The highest BCUT2D eigenvalue weighted by Crippen LogP contribution is 2.25. The van der Waals surface area contributed by atoms with E-state index in [-0.39, 0.29) is 24.2 Å². The lowest BCUT2D eigenvalue weighted by Gasteiger charge is -2.33. The molecule has 9 heteroatoms. The van der Waals surface area contributed by atoms with Gasteiger partial charge >= 0.3 is 12.1 Å². The molecule has 0 aromatic carbocycles. The molecule has 2 aromatic heterocycles. The highest BCUT2D eigenvalue weighted by atomic mass is 16.6. The third-order valence-corrected chi connectivity index (χ3v) is 4.82. The van der Waals surface area contributed by atoms with E-state index in [4.69, 9.17) is 9.47 Å². The van der Waals surface area contributed by atoms with Crippen LogP contribution in [0.25, 0.3) is 5.65 Å². The van der Waals surface area contributed by atoms with E-state index < -0.39 is 5.60 Å². The van der Waals surface area contributed by atoms with Crippen LogP contribution in [0.1, 0.15) is 72.8 Å². The number of hydrogen-bond donors (Lipinski definition) is 1. The summed E-state index contributed by atoms with van der Waals surface area (Å²) in [5, 5.41) is 7.99. The standard InChI is InChI=1S/C21H34N6O3/c1-13(2)16-12-22-27-17(16)24-19(29-14(3)4)25-18(27)23-15-8-10-26(11-9-15)20(28)30-21(5,6)7/h12-15H,8-11H2,1-7H3,(H,23,24,25). The van der Waals surface area contributed by atoms with Gasteiger partial charge in [-0.25, -0.2) is 4.79 Å². The number of hydrogen-bond acceptors (Lipinski definition) is 7. The summed E-state index contributed by atoms with van der Waals surface area (Å²) in [4.78, 5) is 23.2. The van der Waals surface area contributed by atoms with Gasteiger partial charge in [0.2, 0.25) is 5.95 Å². The lowest BCUT2D eigenvalue weighted by atomic mass is 10.1. The van der Waals surface area contributed by atoms with Crippen molar-refractivity contribution in [2.75, 3.05) is 18.4 Å². The van der Waals surface area contributed by atoms with Gasteiger partial charge in [-0.05, 0) is 53.4 Å². The summed E-state index contributed by atoms with van der Waals surface area (Å²) in [6.07, 6.45) is 3.14. The molecular formula is C21H34N6O3. The molecule has 0 bridgehead atoms. The van der Waals surface area contributed by atoms with E-state index in [9.17, 15) is 4.79 Å². The van der Waals surface area contributed by atoms with Gasteiger partial charge in [0.15, 0.2) is 5.65 Å².